The van der Waals surface area contributed by atoms with Crippen LogP contribution in [0.1, 0.15) is 11.4 Å². The number of aryl methyl sites for hydroxylation is 2. The Balaban J connectivity index is 3.21. The molecule has 0 aliphatic rings. The Labute approximate surface area is 74.5 Å². The van der Waals surface area contributed by atoms with E-state index in [1.807, 2.05) is 0 Å². The summed E-state index contributed by atoms with van der Waals surface area (Å²) in [6.07, 6.45) is 0. The molecule has 0 aromatic carbocycles. The Morgan fingerprint density at radius 1 is 1.00 bits per heavy atom. The second-order valence-electron chi connectivity index (χ2n) is 4.12. The van der Waals surface area contributed by atoms with Crippen molar-refractivity contribution < 1.29 is 0 Å². The third kappa shape index (κ3) is 1.86. The molecule has 0 atom stereocenters. The molecule has 0 N–H and O–H groups in total. The van der Waals surface area contributed by atoms with Crippen LogP contribution in [0.25, 0.3) is 0 Å². The van der Waals surface area contributed by atoms with Crippen molar-refractivity contribution in [1.82, 2.24) is 2.38 Å². The Morgan fingerprint density at radius 3 is 1.55 bits per heavy atom. The molecule has 0 unspecified atom stereocenters. The van der Waals surface area contributed by atoms with E-state index in [1.165, 1.54) is 11.4 Å². The molecule has 2 heteroatoms. The van der Waals surface area contributed by atoms with Crippen molar-refractivity contribution in [2.45, 2.75) is 27.3 Å². The molecule has 0 saturated heterocycles. The summed E-state index contributed by atoms with van der Waals surface area (Å²) >= 11 is -1.98. The minimum atomic E-state index is -1.98. The fourth-order valence-corrected chi connectivity index (χ4v) is 10.5. The van der Waals surface area contributed by atoms with Gasteiger partial charge in [0.1, 0.15) is 0 Å². The van der Waals surface area contributed by atoms with Gasteiger partial charge in [-0.3, -0.25) is 0 Å². The number of hydrogen-bond acceptors (Lipinski definition) is 0. The molecule has 0 aliphatic carbocycles. The van der Waals surface area contributed by atoms with E-state index in [-0.39, 0.29) is 0 Å². The van der Waals surface area contributed by atoms with Crippen LogP contribution in [0, 0.1) is 13.8 Å². The van der Waals surface area contributed by atoms with Crippen LogP contribution < -0.4 is 0 Å². The molecular weight excluding hydrogens is 329 g/mol. The number of hydrogen-bond donors (Lipinski definition) is 0. The van der Waals surface area contributed by atoms with E-state index in [0.717, 1.165) is 0 Å². The van der Waals surface area contributed by atoms with Crippen molar-refractivity contribution >= 4 is 21.5 Å². The van der Waals surface area contributed by atoms with Crippen molar-refractivity contribution in [1.29, 1.82) is 0 Å². The topological polar surface area (TPSA) is 4.93 Å². The summed E-state index contributed by atoms with van der Waals surface area (Å²) in [4.78, 5) is 0. The van der Waals surface area contributed by atoms with Crippen molar-refractivity contribution in [2.24, 2.45) is 0 Å². The van der Waals surface area contributed by atoms with Crippen molar-refractivity contribution in [3.05, 3.63) is 23.5 Å². The molecule has 1 aromatic rings. The molecular formula is C9H17NPb. The maximum absolute atomic E-state index is 2.58. The molecule has 0 fully saturated rings. The van der Waals surface area contributed by atoms with E-state index in [0.29, 0.717) is 0 Å². The van der Waals surface area contributed by atoms with E-state index in [4.69, 9.17) is 0 Å². The van der Waals surface area contributed by atoms with E-state index < -0.39 is 21.5 Å². The summed E-state index contributed by atoms with van der Waals surface area (Å²) in [5.41, 5.74) is 2.88. The first-order valence-electron chi connectivity index (χ1n) is 4.08. The summed E-state index contributed by atoms with van der Waals surface area (Å²) in [6.45, 7) is 4.41. The number of aromatic nitrogens is 1. The zero-order chi connectivity index (χ0) is 8.65. The van der Waals surface area contributed by atoms with E-state index in [9.17, 15) is 0 Å². The van der Waals surface area contributed by atoms with Gasteiger partial charge in [-0.25, -0.2) is 0 Å². The SMILES string of the molecule is Cc1ccc(C)[n]1[Pb]([CH3])([CH3])[CH3]. The molecule has 1 rings (SSSR count). The van der Waals surface area contributed by atoms with E-state index in [1.54, 1.807) is 0 Å². The van der Waals surface area contributed by atoms with Gasteiger partial charge in [0.25, 0.3) is 0 Å². The summed E-state index contributed by atoms with van der Waals surface area (Å²) in [7, 11) is 0. The van der Waals surface area contributed by atoms with E-state index in [2.05, 4.69) is 41.8 Å². The molecule has 1 aromatic heterocycles. The standard InChI is InChI=1S/C6H8N.3CH3.Pb/c1-5-3-4-6(2)7-5;;;;/h3-4H,1-2H3;3*1H3;/q-1;;;;+1. The quantitative estimate of drug-likeness (QED) is 0.689. The fraction of sp³-hybridized carbons (Fsp3) is 0.556. The Kier molecular flexibility index (Phi) is 2.47. The van der Waals surface area contributed by atoms with Crippen LogP contribution in [-0.2, 0) is 0 Å². The van der Waals surface area contributed by atoms with Crippen LogP contribution in [0.3, 0.4) is 0 Å². The molecule has 0 bridgehead atoms. The van der Waals surface area contributed by atoms with Crippen LogP contribution in [0.4, 0.5) is 0 Å². The Morgan fingerprint density at radius 2 is 1.36 bits per heavy atom. The molecule has 0 radical (unpaired) electrons. The van der Waals surface area contributed by atoms with Gasteiger partial charge in [0.05, 0.1) is 0 Å². The third-order valence-electron chi connectivity index (χ3n) is 1.94. The average molecular weight is 346 g/mol. The summed E-state index contributed by atoms with van der Waals surface area (Å²) < 4.78 is 9.93. The monoisotopic (exact) mass is 347 g/mol. The molecule has 1 nitrogen and oxygen atoms in total. The first kappa shape index (κ1) is 9.29. The molecule has 62 valence electrons. The Hall–Kier alpha value is 0.202. The van der Waals surface area contributed by atoms with Crippen LogP contribution >= 0.6 is 0 Å². The van der Waals surface area contributed by atoms with Crippen molar-refractivity contribution in [2.75, 3.05) is 0 Å². The normalized spacial score (nSPS) is 12.1. The third-order valence-corrected chi connectivity index (χ3v) is 9.90. The second-order valence-corrected chi connectivity index (χ2v) is 22.7. The van der Waals surface area contributed by atoms with Gasteiger partial charge in [0.2, 0.25) is 0 Å². The molecule has 0 amide bonds. The van der Waals surface area contributed by atoms with Crippen LogP contribution in [0.15, 0.2) is 12.1 Å². The van der Waals surface area contributed by atoms with Gasteiger partial charge in [-0.1, -0.05) is 0 Å². The van der Waals surface area contributed by atoms with Gasteiger partial charge in [-0.15, -0.1) is 0 Å². The molecule has 0 spiro atoms. The summed E-state index contributed by atoms with van der Waals surface area (Å²) in [5.74, 6) is 0. The number of nitrogens with zero attached hydrogens (tertiary/aromatic N) is 1. The average Bonchev–Trinajstić information content (AvgIpc) is 2.08. The Bertz CT molecular complexity index is 236. The predicted octanol–water partition coefficient (Wildman–Crippen LogP) is 2.79. The van der Waals surface area contributed by atoms with E-state index >= 15 is 0 Å². The van der Waals surface area contributed by atoms with Gasteiger partial charge >= 0.3 is 74.7 Å². The van der Waals surface area contributed by atoms with Gasteiger partial charge in [0, 0.05) is 0 Å². The molecule has 0 saturated carbocycles. The van der Waals surface area contributed by atoms with Crippen LogP contribution in [0.5, 0.6) is 0 Å². The first-order valence-corrected chi connectivity index (χ1v) is 17.5. The van der Waals surface area contributed by atoms with Crippen molar-refractivity contribution in [3.8, 4) is 0 Å². The van der Waals surface area contributed by atoms with Crippen LogP contribution in [-0.4, -0.2) is 23.8 Å². The summed E-state index contributed by atoms with van der Waals surface area (Å²) in [5, 5.41) is 0. The van der Waals surface area contributed by atoms with Crippen LogP contribution in [0.2, 0.25) is 13.4 Å². The van der Waals surface area contributed by atoms with Gasteiger partial charge < -0.3 is 0 Å². The fourth-order valence-electron chi connectivity index (χ4n) is 1.73. The van der Waals surface area contributed by atoms with Crippen molar-refractivity contribution in [3.63, 3.8) is 0 Å². The predicted molar refractivity (Wildman–Crippen MR) is 52.7 cm³/mol. The first-order chi connectivity index (χ1) is 4.93. The molecule has 1 heterocycles. The molecule has 0 aliphatic heterocycles. The number of rotatable bonds is 1. The molecule has 11 heavy (non-hydrogen) atoms. The van der Waals surface area contributed by atoms with Gasteiger partial charge in [-0.05, 0) is 0 Å². The maximum atomic E-state index is 2.58. The van der Waals surface area contributed by atoms with Gasteiger partial charge in [-0.2, -0.15) is 0 Å². The zero-order valence-electron chi connectivity index (χ0n) is 8.10. The minimum absolute atomic E-state index is 1.44. The second kappa shape index (κ2) is 2.92. The van der Waals surface area contributed by atoms with Gasteiger partial charge in [0.15, 0.2) is 0 Å². The zero-order valence-corrected chi connectivity index (χ0v) is 12.0. The summed E-state index contributed by atoms with van der Waals surface area (Å²) in [6, 6.07) is 4.45.